The molecule has 0 spiro atoms. The van der Waals surface area contributed by atoms with Crippen molar-refractivity contribution in [3.8, 4) is 0 Å². The number of amides is 2. The number of nitrogens with one attached hydrogen (secondary N) is 1. The van der Waals surface area contributed by atoms with E-state index in [9.17, 15) is 18.0 Å². The Bertz CT molecular complexity index is 888. The molecule has 1 aromatic carbocycles. The molecule has 0 saturated heterocycles. The molecule has 2 heterocycles. The summed E-state index contributed by atoms with van der Waals surface area (Å²) < 4.78 is 23.4. The first-order valence-corrected chi connectivity index (χ1v) is 9.58. The summed E-state index contributed by atoms with van der Waals surface area (Å²) in [5, 5.41) is 4.45. The number of benzene rings is 1. The third kappa shape index (κ3) is 2.75. The van der Waals surface area contributed by atoms with E-state index in [0.717, 1.165) is 6.26 Å². The average Bonchev–Trinajstić information content (AvgIpc) is 3.01. The van der Waals surface area contributed by atoms with Crippen LogP contribution in [0.4, 0.5) is 11.4 Å². The van der Waals surface area contributed by atoms with Crippen LogP contribution in [0.25, 0.3) is 0 Å². The highest BCUT2D eigenvalue weighted by Crippen LogP contribution is 2.35. The Hall–Kier alpha value is -2.19. The van der Waals surface area contributed by atoms with Crippen molar-refractivity contribution in [2.24, 2.45) is 0 Å². The van der Waals surface area contributed by atoms with Gasteiger partial charge in [0.1, 0.15) is 6.04 Å². The van der Waals surface area contributed by atoms with Crippen LogP contribution in [-0.2, 0) is 14.6 Å². The first kappa shape index (κ1) is 15.7. The zero-order chi connectivity index (χ0) is 16.8. The second-order valence-electron chi connectivity index (χ2n) is 5.27. The van der Waals surface area contributed by atoms with Gasteiger partial charge in [0.05, 0.1) is 21.1 Å². The van der Waals surface area contributed by atoms with E-state index in [-0.39, 0.29) is 16.7 Å². The number of hydrogen-bond acceptors (Lipinski definition) is 5. The summed E-state index contributed by atoms with van der Waals surface area (Å²) in [5.41, 5.74) is 0.809. The van der Waals surface area contributed by atoms with Crippen LogP contribution in [0.15, 0.2) is 40.6 Å². The Morgan fingerprint density at radius 2 is 2.04 bits per heavy atom. The van der Waals surface area contributed by atoms with E-state index >= 15 is 0 Å². The number of rotatable bonds is 2. The molecule has 0 fully saturated rings. The van der Waals surface area contributed by atoms with Crippen molar-refractivity contribution in [3.05, 3.63) is 40.6 Å². The molecular weight excluding hydrogens is 336 g/mol. The maximum absolute atomic E-state index is 12.7. The van der Waals surface area contributed by atoms with Crippen LogP contribution in [0.1, 0.15) is 16.6 Å². The number of thiophene rings is 1. The molecule has 1 aromatic heterocycles. The fourth-order valence-electron chi connectivity index (χ4n) is 2.42. The molecule has 1 aliphatic rings. The van der Waals surface area contributed by atoms with Gasteiger partial charge in [-0.3, -0.25) is 14.5 Å². The minimum atomic E-state index is -3.40. The molecule has 120 valence electrons. The molecule has 0 bridgehead atoms. The van der Waals surface area contributed by atoms with Crippen molar-refractivity contribution in [2.45, 2.75) is 17.9 Å². The van der Waals surface area contributed by atoms with Gasteiger partial charge in [-0.2, -0.15) is 0 Å². The van der Waals surface area contributed by atoms with Gasteiger partial charge in [0.15, 0.2) is 9.84 Å². The lowest BCUT2D eigenvalue weighted by molar-refractivity contribution is -0.117. The lowest BCUT2D eigenvalue weighted by atomic mass is 10.1. The van der Waals surface area contributed by atoms with Crippen LogP contribution in [-0.4, -0.2) is 32.5 Å². The van der Waals surface area contributed by atoms with E-state index in [2.05, 4.69) is 5.32 Å². The number of carbonyl (C=O) groups excluding carboxylic acids is 2. The Morgan fingerprint density at radius 3 is 2.65 bits per heavy atom. The van der Waals surface area contributed by atoms with Crippen LogP contribution in [0.5, 0.6) is 0 Å². The molecule has 1 atom stereocenters. The van der Waals surface area contributed by atoms with E-state index in [4.69, 9.17) is 0 Å². The number of hydrogen-bond donors (Lipinski definition) is 1. The van der Waals surface area contributed by atoms with Gasteiger partial charge in [-0.05, 0) is 36.6 Å². The summed E-state index contributed by atoms with van der Waals surface area (Å²) in [6.45, 7) is 1.63. The molecule has 0 radical (unpaired) electrons. The number of fused-ring (bicyclic) bond motifs is 1. The van der Waals surface area contributed by atoms with Gasteiger partial charge < -0.3 is 5.32 Å². The Labute approximate surface area is 137 Å². The molecule has 3 rings (SSSR count). The first-order valence-electron chi connectivity index (χ1n) is 6.81. The van der Waals surface area contributed by atoms with E-state index in [0.29, 0.717) is 16.3 Å². The lowest BCUT2D eigenvalue weighted by Crippen LogP contribution is -2.49. The maximum Gasteiger partial charge on any atom is 0.269 e. The van der Waals surface area contributed by atoms with Gasteiger partial charge in [-0.15, -0.1) is 11.3 Å². The monoisotopic (exact) mass is 350 g/mol. The molecule has 1 aliphatic heterocycles. The molecule has 23 heavy (non-hydrogen) atoms. The molecule has 1 unspecified atom stereocenters. The van der Waals surface area contributed by atoms with Crippen molar-refractivity contribution < 1.29 is 18.0 Å². The second kappa shape index (κ2) is 5.47. The fraction of sp³-hybridized carbons (Fsp3) is 0.200. The van der Waals surface area contributed by atoms with Gasteiger partial charge in [0.2, 0.25) is 5.91 Å². The van der Waals surface area contributed by atoms with Crippen molar-refractivity contribution in [1.82, 2.24) is 0 Å². The second-order valence-corrected chi connectivity index (χ2v) is 8.23. The Kier molecular flexibility index (Phi) is 3.73. The molecule has 0 saturated carbocycles. The number of nitrogens with zero attached hydrogens (tertiary/aromatic N) is 1. The van der Waals surface area contributed by atoms with Gasteiger partial charge in [-0.1, -0.05) is 6.07 Å². The zero-order valence-electron chi connectivity index (χ0n) is 12.4. The third-order valence-corrected chi connectivity index (χ3v) is 5.60. The van der Waals surface area contributed by atoms with Crippen molar-refractivity contribution in [2.75, 3.05) is 16.5 Å². The third-order valence-electron chi connectivity index (χ3n) is 3.63. The van der Waals surface area contributed by atoms with Crippen LogP contribution in [0.2, 0.25) is 0 Å². The topological polar surface area (TPSA) is 83.6 Å². The summed E-state index contributed by atoms with van der Waals surface area (Å²) in [6.07, 6.45) is 1.09. The minimum Gasteiger partial charge on any atom is -0.322 e. The number of anilines is 2. The molecule has 1 N–H and O–H groups in total. The Morgan fingerprint density at radius 1 is 1.30 bits per heavy atom. The van der Waals surface area contributed by atoms with Crippen LogP contribution < -0.4 is 10.2 Å². The van der Waals surface area contributed by atoms with E-state index in [1.807, 2.05) is 0 Å². The smallest absolute Gasteiger partial charge is 0.269 e. The zero-order valence-corrected chi connectivity index (χ0v) is 14.1. The van der Waals surface area contributed by atoms with Crippen LogP contribution in [0, 0.1) is 0 Å². The van der Waals surface area contributed by atoms with Crippen LogP contribution >= 0.6 is 11.3 Å². The molecular formula is C15H14N2O4S2. The van der Waals surface area contributed by atoms with Gasteiger partial charge in [-0.25, -0.2) is 8.42 Å². The minimum absolute atomic E-state index is 0.0922. The summed E-state index contributed by atoms with van der Waals surface area (Å²) in [6, 6.07) is 7.14. The quantitative estimate of drug-likeness (QED) is 0.899. The highest BCUT2D eigenvalue weighted by molar-refractivity contribution is 7.90. The van der Waals surface area contributed by atoms with Crippen molar-refractivity contribution in [1.29, 1.82) is 0 Å². The highest BCUT2D eigenvalue weighted by atomic mass is 32.2. The molecule has 2 aromatic rings. The maximum atomic E-state index is 12.7. The fourth-order valence-corrected chi connectivity index (χ4v) is 3.73. The summed E-state index contributed by atoms with van der Waals surface area (Å²) in [7, 11) is -3.40. The van der Waals surface area contributed by atoms with Gasteiger partial charge in [0, 0.05) is 6.26 Å². The largest absolute Gasteiger partial charge is 0.322 e. The molecule has 8 heteroatoms. The van der Waals surface area contributed by atoms with Gasteiger partial charge >= 0.3 is 0 Å². The molecule has 0 aliphatic carbocycles. The molecule has 2 amide bonds. The molecule has 6 nitrogen and oxygen atoms in total. The van der Waals surface area contributed by atoms with Crippen molar-refractivity contribution >= 4 is 44.4 Å². The highest BCUT2D eigenvalue weighted by Gasteiger charge is 2.35. The van der Waals surface area contributed by atoms with Crippen LogP contribution in [0.3, 0.4) is 0 Å². The first-order chi connectivity index (χ1) is 10.8. The predicted molar refractivity (Wildman–Crippen MR) is 88.8 cm³/mol. The predicted octanol–water partition coefficient (Wildman–Crippen LogP) is 2.14. The summed E-state index contributed by atoms with van der Waals surface area (Å²) in [4.78, 5) is 26.9. The van der Waals surface area contributed by atoms with E-state index < -0.39 is 15.9 Å². The van der Waals surface area contributed by atoms with Gasteiger partial charge in [0.25, 0.3) is 5.91 Å². The van der Waals surface area contributed by atoms with Crippen molar-refractivity contribution in [3.63, 3.8) is 0 Å². The average molecular weight is 350 g/mol. The summed E-state index contributed by atoms with van der Waals surface area (Å²) >= 11 is 1.29. The number of carbonyl (C=O) groups is 2. The number of sulfone groups is 1. The SMILES string of the molecule is CC1C(=O)Nc2cc(S(C)(=O)=O)ccc2N1C(=O)c1cccs1. The standard InChI is InChI=1S/C15H14N2O4S2/c1-9-14(18)16-11-8-10(23(2,20)21)5-6-12(11)17(9)15(19)13-4-3-7-22-13/h3-9H,1-2H3,(H,16,18). The van der Waals surface area contributed by atoms with E-state index in [1.54, 1.807) is 30.5 Å². The van der Waals surface area contributed by atoms with E-state index in [1.165, 1.54) is 28.4 Å². The normalized spacial score (nSPS) is 17.6. The lowest BCUT2D eigenvalue weighted by Gasteiger charge is -2.34. The Balaban J connectivity index is 2.12. The summed E-state index contributed by atoms with van der Waals surface area (Å²) in [5.74, 6) is -0.635.